The fourth-order valence-electron chi connectivity index (χ4n) is 3.52. The number of fused-ring (bicyclic) bond motifs is 1. The average molecular weight is 451 g/mol. The van der Waals surface area contributed by atoms with Crippen molar-refractivity contribution < 1.29 is 39.2 Å². The first-order valence-corrected chi connectivity index (χ1v) is 9.87. The maximum atomic E-state index is 12.7. The topological polar surface area (TPSA) is 41.1 Å². The number of halogens is 4. The first kappa shape index (κ1) is 17.7. The van der Waals surface area contributed by atoms with Crippen molar-refractivity contribution in [1.29, 1.82) is 0 Å². The molecule has 0 aromatic heterocycles. The minimum atomic E-state index is -4.30. The quantitative estimate of drug-likeness (QED) is 0.359. The third-order valence-electron chi connectivity index (χ3n) is 4.71. The number of hydrogen-bond acceptors (Lipinski definition) is 2. The van der Waals surface area contributed by atoms with Crippen molar-refractivity contribution in [2.75, 3.05) is 13.1 Å². The molecule has 2 aliphatic rings. The van der Waals surface area contributed by atoms with E-state index < -0.39 is 32.9 Å². The maximum absolute atomic E-state index is 12.7. The first-order chi connectivity index (χ1) is 11.2. The SMILES string of the molecule is C=CC(=O)NC1C2CNCC(C)([I-]c3ccc(C(F)(F)F)cc3)C21. The monoisotopic (exact) mass is 451 g/mol. The zero-order chi connectivity index (χ0) is 17.5. The van der Waals surface area contributed by atoms with Crippen LogP contribution in [-0.4, -0.2) is 28.5 Å². The van der Waals surface area contributed by atoms with Gasteiger partial charge in [-0.3, -0.25) is 0 Å². The normalized spacial score (nSPS) is 32.1. The third-order valence-corrected chi connectivity index (χ3v) is 8.38. The molecule has 0 radical (unpaired) electrons. The molecule has 1 amide bonds. The van der Waals surface area contributed by atoms with Crippen LogP contribution in [0.1, 0.15) is 12.5 Å². The zero-order valence-corrected chi connectivity index (χ0v) is 15.3. The van der Waals surface area contributed by atoms with E-state index in [0.717, 1.165) is 28.8 Å². The molecule has 132 valence electrons. The van der Waals surface area contributed by atoms with Crippen LogP contribution in [0, 0.1) is 15.4 Å². The van der Waals surface area contributed by atoms with E-state index in [1.807, 2.05) is 0 Å². The third kappa shape index (κ3) is 3.46. The van der Waals surface area contributed by atoms with Crippen molar-refractivity contribution >= 4 is 5.91 Å². The Morgan fingerprint density at radius 2 is 2.08 bits per heavy atom. The Morgan fingerprint density at radius 3 is 2.67 bits per heavy atom. The van der Waals surface area contributed by atoms with Crippen molar-refractivity contribution in [3.63, 3.8) is 0 Å². The van der Waals surface area contributed by atoms with Gasteiger partial charge in [0, 0.05) is 0 Å². The van der Waals surface area contributed by atoms with Crippen molar-refractivity contribution in [1.82, 2.24) is 10.6 Å². The number of rotatable bonds is 4. The Morgan fingerprint density at radius 1 is 1.42 bits per heavy atom. The Labute approximate surface area is 149 Å². The van der Waals surface area contributed by atoms with Gasteiger partial charge in [0.15, 0.2) is 0 Å². The van der Waals surface area contributed by atoms with E-state index in [-0.39, 0.29) is 15.4 Å². The molecule has 0 spiro atoms. The number of amides is 1. The minimum absolute atomic E-state index is 0.0145. The fraction of sp³-hybridized carbons (Fsp3) is 0.471. The van der Waals surface area contributed by atoms with E-state index in [2.05, 4.69) is 24.1 Å². The molecule has 0 bridgehead atoms. The van der Waals surface area contributed by atoms with Gasteiger partial charge in [-0.2, -0.15) is 0 Å². The van der Waals surface area contributed by atoms with Crippen LogP contribution in [0.15, 0.2) is 36.9 Å². The molecule has 7 heteroatoms. The van der Waals surface area contributed by atoms with E-state index >= 15 is 0 Å². The molecular formula is C17H19F3IN2O-. The number of nitrogens with one attached hydrogen (secondary N) is 2. The molecule has 2 fully saturated rings. The van der Waals surface area contributed by atoms with E-state index in [1.54, 1.807) is 12.1 Å². The summed E-state index contributed by atoms with van der Waals surface area (Å²) in [4.78, 5) is 11.6. The van der Waals surface area contributed by atoms with Crippen molar-refractivity contribution in [2.45, 2.75) is 22.6 Å². The molecule has 3 rings (SSSR count). The van der Waals surface area contributed by atoms with Crippen LogP contribution in [-0.2, 0) is 11.0 Å². The molecule has 3 nitrogen and oxygen atoms in total. The first-order valence-electron chi connectivity index (χ1n) is 7.71. The summed E-state index contributed by atoms with van der Waals surface area (Å²) in [5.74, 6) is 0.629. The summed E-state index contributed by atoms with van der Waals surface area (Å²) in [6, 6.07) is 5.67. The standard InChI is InChI=1S/C17H19F3IN2O/c1-3-13(24)23-15-12-8-22-9-16(2,14(12)15)21-11-6-4-10(5-7-11)17(18,19)20/h3-7,12,14-15,22H,1,8-9H2,2H3,(H,23,24)/q-1. The van der Waals surface area contributed by atoms with Gasteiger partial charge in [-0.15, -0.1) is 0 Å². The van der Waals surface area contributed by atoms with Gasteiger partial charge >= 0.3 is 149 Å². The van der Waals surface area contributed by atoms with Crippen LogP contribution in [0.2, 0.25) is 0 Å². The Balaban J connectivity index is 1.71. The van der Waals surface area contributed by atoms with Crippen molar-refractivity contribution in [3.8, 4) is 0 Å². The summed E-state index contributed by atoms with van der Waals surface area (Å²) >= 11 is -0.491. The number of carbonyl (C=O) groups is 1. The average Bonchev–Trinajstić information content (AvgIpc) is 3.21. The Bertz CT molecular complexity index is 646. The van der Waals surface area contributed by atoms with Crippen LogP contribution >= 0.6 is 0 Å². The molecule has 1 heterocycles. The van der Waals surface area contributed by atoms with E-state index in [9.17, 15) is 18.0 Å². The van der Waals surface area contributed by atoms with Gasteiger partial charge in [-0.05, 0) is 0 Å². The molecule has 1 aromatic rings. The van der Waals surface area contributed by atoms with Crippen LogP contribution < -0.4 is 31.8 Å². The molecule has 4 unspecified atom stereocenters. The number of carbonyl (C=O) groups excluding carboxylic acids is 1. The number of alkyl halides is 4. The van der Waals surface area contributed by atoms with E-state index in [4.69, 9.17) is 0 Å². The Hall–Kier alpha value is -1.09. The zero-order valence-electron chi connectivity index (χ0n) is 13.2. The molecule has 4 atom stereocenters. The molecular weight excluding hydrogens is 432 g/mol. The van der Waals surface area contributed by atoms with Crippen LogP contribution in [0.4, 0.5) is 13.2 Å². The summed E-state index contributed by atoms with van der Waals surface area (Å²) in [6.45, 7) is 7.37. The molecule has 1 aromatic carbocycles. The second kappa shape index (κ2) is 6.33. The van der Waals surface area contributed by atoms with E-state index in [1.165, 1.54) is 6.08 Å². The summed E-state index contributed by atoms with van der Waals surface area (Å²) in [6.07, 6.45) is -3.02. The predicted molar refractivity (Wildman–Crippen MR) is 80.5 cm³/mol. The van der Waals surface area contributed by atoms with Crippen molar-refractivity contribution in [2.24, 2.45) is 11.8 Å². The van der Waals surface area contributed by atoms with Crippen LogP contribution in [0.3, 0.4) is 0 Å². The summed E-state index contributed by atoms with van der Waals surface area (Å²) in [5.41, 5.74) is -0.609. The second-order valence-corrected chi connectivity index (χ2v) is 10.7. The molecule has 1 aliphatic carbocycles. The van der Waals surface area contributed by atoms with Gasteiger partial charge in [-0.25, -0.2) is 0 Å². The van der Waals surface area contributed by atoms with Gasteiger partial charge in [-0.1, -0.05) is 0 Å². The summed E-state index contributed by atoms with van der Waals surface area (Å²) < 4.78 is 39.0. The van der Waals surface area contributed by atoms with E-state index in [0.29, 0.717) is 11.8 Å². The number of hydrogen-bond donors (Lipinski definition) is 2. The van der Waals surface area contributed by atoms with Gasteiger partial charge in [0.2, 0.25) is 0 Å². The molecule has 2 N–H and O–H groups in total. The molecule has 1 saturated heterocycles. The number of piperidine rings is 1. The summed E-state index contributed by atoms with van der Waals surface area (Å²) in [7, 11) is 0. The van der Waals surface area contributed by atoms with Gasteiger partial charge in [0.25, 0.3) is 0 Å². The van der Waals surface area contributed by atoms with Crippen LogP contribution in [0.25, 0.3) is 0 Å². The van der Waals surface area contributed by atoms with Gasteiger partial charge in [0.05, 0.1) is 0 Å². The second-order valence-electron chi connectivity index (χ2n) is 6.44. The van der Waals surface area contributed by atoms with Gasteiger partial charge < -0.3 is 0 Å². The van der Waals surface area contributed by atoms with Gasteiger partial charge in [0.1, 0.15) is 0 Å². The molecule has 1 aliphatic heterocycles. The molecule has 24 heavy (non-hydrogen) atoms. The Kier molecular flexibility index (Phi) is 4.67. The fourth-order valence-corrected chi connectivity index (χ4v) is 7.33. The summed E-state index contributed by atoms with van der Waals surface area (Å²) in [5, 5.41) is 6.40. The number of benzene rings is 1. The van der Waals surface area contributed by atoms with Crippen molar-refractivity contribution in [3.05, 3.63) is 46.1 Å². The van der Waals surface area contributed by atoms with Crippen LogP contribution in [0.5, 0.6) is 0 Å². The molecule has 1 saturated carbocycles. The predicted octanol–water partition coefficient (Wildman–Crippen LogP) is -0.757.